The monoisotopic (exact) mass is 431 g/mol. The quantitative estimate of drug-likeness (QED) is 0.741. The number of sulfone groups is 1. The number of amides is 1. The van der Waals surface area contributed by atoms with Crippen LogP contribution in [0.3, 0.4) is 0 Å². The van der Waals surface area contributed by atoms with E-state index in [-0.39, 0.29) is 30.0 Å². The lowest BCUT2D eigenvalue weighted by Gasteiger charge is -2.28. The Balaban J connectivity index is 1.92. The van der Waals surface area contributed by atoms with Gasteiger partial charge in [0.05, 0.1) is 28.6 Å². The average Bonchev–Trinajstić information content (AvgIpc) is 3.10. The minimum Gasteiger partial charge on any atom is -0.452 e. The molecule has 8 heteroatoms. The fourth-order valence-corrected chi connectivity index (χ4v) is 5.07. The second-order valence-electron chi connectivity index (χ2n) is 5.68. The molecule has 5 nitrogen and oxygen atoms in total. The van der Waals surface area contributed by atoms with E-state index in [1.54, 1.807) is 36.4 Å². The van der Waals surface area contributed by atoms with Crippen molar-refractivity contribution < 1.29 is 17.6 Å². The third kappa shape index (κ3) is 3.84. The van der Waals surface area contributed by atoms with Crippen LogP contribution in [0.4, 0.5) is 0 Å². The summed E-state index contributed by atoms with van der Waals surface area (Å²) in [5.74, 6) is 0.332. The lowest BCUT2D eigenvalue weighted by Crippen LogP contribution is -2.40. The highest BCUT2D eigenvalue weighted by atomic mass is 79.9. The molecule has 1 fully saturated rings. The molecule has 128 valence electrons. The Kier molecular flexibility index (Phi) is 5.03. The smallest absolute Gasteiger partial charge is 0.256 e. The molecule has 0 bridgehead atoms. The minimum absolute atomic E-state index is 0.0366. The van der Waals surface area contributed by atoms with Crippen LogP contribution >= 0.6 is 27.5 Å². The van der Waals surface area contributed by atoms with E-state index in [1.807, 2.05) is 0 Å². The number of carbonyl (C=O) groups is 1. The summed E-state index contributed by atoms with van der Waals surface area (Å²) < 4.78 is 29.7. The Labute approximate surface area is 153 Å². The Morgan fingerprint density at radius 2 is 2.04 bits per heavy atom. The fraction of sp³-hybridized carbons (Fsp3) is 0.312. The van der Waals surface area contributed by atoms with Crippen molar-refractivity contribution >= 4 is 43.3 Å². The summed E-state index contributed by atoms with van der Waals surface area (Å²) in [6.07, 6.45) is 0.417. The van der Waals surface area contributed by atoms with E-state index in [0.29, 0.717) is 27.4 Å². The van der Waals surface area contributed by atoms with Gasteiger partial charge >= 0.3 is 0 Å². The molecule has 1 aromatic carbocycles. The van der Waals surface area contributed by atoms with Gasteiger partial charge in [0.25, 0.3) is 5.91 Å². The zero-order chi connectivity index (χ0) is 17.3. The molecule has 1 aliphatic heterocycles. The van der Waals surface area contributed by atoms with Crippen molar-refractivity contribution in [2.24, 2.45) is 0 Å². The SMILES string of the molecule is O=C(c1ccccc1Cl)N(Cc1ccc(Br)o1)[C@@H]1CCS(=O)(=O)C1. The lowest BCUT2D eigenvalue weighted by atomic mass is 10.1. The third-order valence-corrected chi connectivity index (χ3v) is 6.48. The summed E-state index contributed by atoms with van der Waals surface area (Å²) in [5, 5.41) is 0.342. The van der Waals surface area contributed by atoms with Crippen molar-refractivity contribution in [3.63, 3.8) is 0 Å². The number of furan rings is 1. The minimum atomic E-state index is -3.12. The molecule has 0 aliphatic carbocycles. The number of hydrogen-bond donors (Lipinski definition) is 0. The van der Waals surface area contributed by atoms with E-state index in [2.05, 4.69) is 15.9 Å². The van der Waals surface area contributed by atoms with Gasteiger partial charge < -0.3 is 9.32 Å². The van der Waals surface area contributed by atoms with E-state index in [9.17, 15) is 13.2 Å². The predicted octanol–water partition coefficient (Wildman–Crippen LogP) is 3.53. The Morgan fingerprint density at radius 3 is 2.62 bits per heavy atom. The van der Waals surface area contributed by atoms with Crippen LogP contribution in [0.1, 0.15) is 22.5 Å². The molecule has 0 unspecified atom stereocenters. The van der Waals surface area contributed by atoms with Crippen LogP contribution in [0.5, 0.6) is 0 Å². The van der Waals surface area contributed by atoms with Crippen LogP contribution in [0, 0.1) is 0 Å². The summed E-state index contributed by atoms with van der Waals surface area (Å²) in [5.41, 5.74) is 0.356. The molecule has 1 aromatic heterocycles. The van der Waals surface area contributed by atoms with Gasteiger partial charge in [0.2, 0.25) is 0 Å². The normalized spacial score (nSPS) is 19.3. The molecular weight excluding hydrogens is 418 g/mol. The average molecular weight is 433 g/mol. The van der Waals surface area contributed by atoms with Crippen molar-refractivity contribution in [1.82, 2.24) is 4.90 Å². The molecule has 0 saturated carbocycles. The summed E-state index contributed by atoms with van der Waals surface area (Å²) in [6, 6.07) is 9.85. The molecule has 0 N–H and O–H groups in total. The molecule has 1 atom stereocenters. The lowest BCUT2D eigenvalue weighted by molar-refractivity contribution is 0.0665. The Hall–Kier alpha value is -1.31. The Bertz CT molecular complexity index is 864. The van der Waals surface area contributed by atoms with Crippen molar-refractivity contribution in [3.05, 3.63) is 57.4 Å². The number of carbonyl (C=O) groups excluding carboxylic acids is 1. The molecular formula is C16H15BrClNO4S. The van der Waals surface area contributed by atoms with Gasteiger partial charge in [-0.1, -0.05) is 23.7 Å². The van der Waals surface area contributed by atoms with Gasteiger partial charge in [0.15, 0.2) is 14.5 Å². The van der Waals surface area contributed by atoms with Crippen LogP contribution in [0.2, 0.25) is 5.02 Å². The number of benzene rings is 1. The van der Waals surface area contributed by atoms with Crippen LogP contribution in [-0.2, 0) is 16.4 Å². The highest BCUT2D eigenvalue weighted by Gasteiger charge is 2.36. The van der Waals surface area contributed by atoms with E-state index in [1.165, 1.54) is 4.90 Å². The van der Waals surface area contributed by atoms with Crippen LogP contribution in [0.15, 0.2) is 45.5 Å². The van der Waals surface area contributed by atoms with Gasteiger partial charge in [-0.15, -0.1) is 0 Å². The standard InChI is InChI=1S/C16H15BrClNO4S/c17-15-6-5-12(23-15)9-19(11-7-8-24(21,22)10-11)16(20)13-3-1-2-4-14(13)18/h1-6,11H,7-10H2/t11-/m1/s1. The van der Waals surface area contributed by atoms with Crippen LogP contribution < -0.4 is 0 Å². The van der Waals surface area contributed by atoms with E-state index >= 15 is 0 Å². The summed E-state index contributed by atoms with van der Waals surface area (Å²) in [4.78, 5) is 14.5. The number of rotatable bonds is 4. The van der Waals surface area contributed by atoms with E-state index in [4.69, 9.17) is 16.0 Å². The maximum atomic E-state index is 13.0. The zero-order valence-corrected chi connectivity index (χ0v) is 15.8. The summed E-state index contributed by atoms with van der Waals surface area (Å²) >= 11 is 9.37. The van der Waals surface area contributed by atoms with Gasteiger partial charge in [0, 0.05) is 6.04 Å². The van der Waals surface area contributed by atoms with Crippen molar-refractivity contribution in [3.8, 4) is 0 Å². The number of hydrogen-bond acceptors (Lipinski definition) is 4. The van der Waals surface area contributed by atoms with E-state index in [0.717, 1.165) is 0 Å². The third-order valence-electron chi connectivity index (χ3n) is 3.97. The maximum Gasteiger partial charge on any atom is 0.256 e. The van der Waals surface area contributed by atoms with Crippen molar-refractivity contribution in [2.45, 2.75) is 19.0 Å². The largest absolute Gasteiger partial charge is 0.452 e. The highest BCUT2D eigenvalue weighted by molar-refractivity contribution is 9.10. The fourth-order valence-electron chi connectivity index (χ4n) is 2.78. The van der Waals surface area contributed by atoms with Gasteiger partial charge in [-0.3, -0.25) is 4.79 Å². The first kappa shape index (κ1) is 17.5. The molecule has 24 heavy (non-hydrogen) atoms. The highest BCUT2D eigenvalue weighted by Crippen LogP contribution is 2.26. The molecule has 1 aliphatic rings. The van der Waals surface area contributed by atoms with E-state index < -0.39 is 9.84 Å². The molecule has 0 radical (unpaired) electrons. The summed E-state index contributed by atoms with van der Waals surface area (Å²) in [7, 11) is -3.12. The molecule has 3 rings (SSSR count). The van der Waals surface area contributed by atoms with Crippen molar-refractivity contribution in [2.75, 3.05) is 11.5 Å². The topological polar surface area (TPSA) is 67.6 Å². The van der Waals surface area contributed by atoms with Crippen molar-refractivity contribution in [1.29, 1.82) is 0 Å². The molecule has 2 heterocycles. The number of nitrogens with zero attached hydrogens (tertiary/aromatic N) is 1. The first-order valence-corrected chi connectivity index (χ1v) is 10.3. The van der Waals surface area contributed by atoms with Gasteiger partial charge in [0.1, 0.15) is 5.76 Å². The molecule has 1 saturated heterocycles. The van der Waals surface area contributed by atoms with Crippen LogP contribution in [0.25, 0.3) is 0 Å². The zero-order valence-electron chi connectivity index (χ0n) is 12.6. The molecule has 2 aromatic rings. The summed E-state index contributed by atoms with van der Waals surface area (Å²) in [6.45, 7) is 0.190. The second-order valence-corrected chi connectivity index (χ2v) is 9.09. The first-order valence-electron chi connectivity index (χ1n) is 7.36. The number of halogens is 2. The van der Waals surface area contributed by atoms with Gasteiger partial charge in [-0.25, -0.2) is 8.42 Å². The maximum absolute atomic E-state index is 13.0. The first-order chi connectivity index (χ1) is 11.4. The molecule has 0 spiro atoms. The Morgan fingerprint density at radius 1 is 1.29 bits per heavy atom. The van der Waals surface area contributed by atoms with Gasteiger partial charge in [-0.05, 0) is 46.6 Å². The predicted molar refractivity (Wildman–Crippen MR) is 94.8 cm³/mol. The van der Waals surface area contributed by atoms with Crippen LogP contribution in [-0.4, -0.2) is 36.8 Å². The second kappa shape index (κ2) is 6.90. The molecule has 1 amide bonds. The van der Waals surface area contributed by atoms with Gasteiger partial charge in [-0.2, -0.15) is 0 Å².